The highest BCUT2D eigenvalue weighted by molar-refractivity contribution is 5.27. The van der Waals surface area contributed by atoms with Gasteiger partial charge in [-0.1, -0.05) is 18.2 Å². The molecule has 1 N–H and O–H groups in total. The van der Waals surface area contributed by atoms with E-state index in [0.29, 0.717) is 0 Å². The average Bonchev–Trinajstić information content (AvgIpc) is 2.48. The number of halogens is 3. The molecule has 2 rings (SSSR count). The molecule has 0 aromatic heterocycles. The molecule has 0 radical (unpaired) electrons. The van der Waals surface area contributed by atoms with E-state index in [0.717, 1.165) is 44.6 Å². The lowest BCUT2D eigenvalue weighted by molar-refractivity contribution is -0.137. The summed E-state index contributed by atoms with van der Waals surface area (Å²) in [6, 6.07) is 5.74. The molecule has 1 atom stereocenters. The summed E-state index contributed by atoms with van der Waals surface area (Å²) in [4.78, 5) is 2.34. The van der Waals surface area contributed by atoms with Crippen LogP contribution in [0.1, 0.15) is 30.0 Å². The van der Waals surface area contributed by atoms with Gasteiger partial charge < -0.3 is 5.32 Å². The third-order valence-corrected chi connectivity index (χ3v) is 3.86. The fraction of sp³-hybridized carbons (Fsp3) is 0.500. The summed E-state index contributed by atoms with van der Waals surface area (Å²) < 4.78 is 37.9. The van der Waals surface area contributed by atoms with E-state index in [-0.39, 0.29) is 6.04 Å². The second-order valence-electron chi connectivity index (χ2n) is 5.29. The smallest absolute Gasteiger partial charge is 0.314 e. The molecule has 1 heterocycles. The molecule has 21 heavy (non-hydrogen) atoms. The van der Waals surface area contributed by atoms with Crippen LogP contribution in [-0.2, 0) is 6.18 Å². The van der Waals surface area contributed by atoms with Crippen LogP contribution >= 0.6 is 0 Å². The monoisotopic (exact) mass is 298 g/mol. The Morgan fingerprint density at radius 1 is 1.19 bits per heavy atom. The zero-order valence-corrected chi connectivity index (χ0v) is 12.0. The maximum absolute atomic E-state index is 12.6. The summed E-state index contributed by atoms with van der Waals surface area (Å²) in [5.41, 5.74) is 0.362. The van der Waals surface area contributed by atoms with Gasteiger partial charge in [0.15, 0.2) is 0 Å². The molecule has 0 spiro atoms. The molecule has 1 aromatic rings. The van der Waals surface area contributed by atoms with Crippen LogP contribution in [0.4, 0.5) is 13.2 Å². The Kier molecular flexibility index (Phi) is 5.42. The van der Waals surface area contributed by atoms with E-state index in [1.165, 1.54) is 12.1 Å². The van der Waals surface area contributed by atoms with E-state index in [2.05, 4.69) is 16.8 Å². The van der Waals surface area contributed by atoms with Crippen molar-refractivity contribution in [2.75, 3.05) is 26.2 Å². The molecule has 1 aromatic carbocycles. The average molecular weight is 298 g/mol. The molecule has 0 bridgehead atoms. The van der Waals surface area contributed by atoms with Crippen molar-refractivity contribution in [1.82, 2.24) is 10.2 Å². The van der Waals surface area contributed by atoms with Crippen molar-refractivity contribution in [3.63, 3.8) is 0 Å². The molecule has 1 aliphatic rings. The number of piperazine rings is 1. The molecular weight excluding hydrogens is 277 g/mol. The first-order chi connectivity index (χ1) is 10.0. The maximum Gasteiger partial charge on any atom is 0.416 e. The number of allylic oxidation sites excluding steroid dienone is 1. The first-order valence-electron chi connectivity index (χ1n) is 7.25. The van der Waals surface area contributed by atoms with Gasteiger partial charge in [0.05, 0.1) is 5.56 Å². The van der Waals surface area contributed by atoms with Crippen LogP contribution in [0.3, 0.4) is 0 Å². The lowest BCUT2D eigenvalue weighted by Gasteiger charge is -2.35. The molecule has 0 unspecified atom stereocenters. The fourth-order valence-corrected chi connectivity index (χ4v) is 2.72. The van der Waals surface area contributed by atoms with E-state index >= 15 is 0 Å². The summed E-state index contributed by atoms with van der Waals surface area (Å²) in [5, 5.41) is 3.30. The molecule has 116 valence electrons. The minimum Gasteiger partial charge on any atom is -0.314 e. The van der Waals surface area contributed by atoms with E-state index in [1.54, 1.807) is 12.1 Å². The summed E-state index contributed by atoms with van der Waals surface area (Å²) in [5.74, 6) is 0. The molecular formula is C16H21F3N2. The van der Waals surface area contributed by atoms with Crippen LogP contribution in [0.5, 0.6) is 0 Å². The lowest BCUT2D eigenvalue weighted by atomic mass is 9.98. The van der Waals surface area contributed by atoms with Crippen LogP contribution in [0.2, 0.25) is 0 Å². The van der Waals surface area contributed by atoms with E-state index in [4.69, 9.17) is 0 Å². The number of alkyl halides is 3. The maximum atomic E-state index is 12.6. The second kappa shape index (κ2) is 7.09. The van der Waals surface area contributed by atoms with E-state index in [9.17, 15) is 13.2 Å². The normalized spacial score (nSPS) is 18.4. The highest BCUT2D eigenvalue weighted by Gasteiger charge is 2.30. The first-order valence-corrected chi connectivity index (χ1v) is 7.25. The highest BCUT2D eigenvalue weighted by Crippen LogP contribution is 2.32. The van der Waals surface area contributed by atoms with Gasteiger partial charge >= 0.3 is 6.18 Å². The van der Waals surface area contributed by atoms with Crippen molar-refractivity contribution in [3.05, 3.63) is 48.0 Å². The van der Waals surface area contributed by atoms with Crippen LogP contribution in [0, 0.1) is 0 Å². The summed E-state index contributed by atoms with van der Waals surface area (Å²) in [6.45, 7) is 7.42. The van der Waals surface area contributed by atoms with Crippen molar-refractivity contribution in [2.45, 2.75) is 25.1 Å². The Morgan fingerprint density at radius 3 is 2.33 bits per heavy atom. The van der Waals surface area contributed by atoms with Crippen LogP contribution in [-0.4, -0.2) is 31.1 Å². The molecule has 0 amide bonds. The molecule has 1 fully saturated rings. The summed E-state index contributed by atoms with van der Waals surface area (Å²) >= 11 is 0. The van der Waals surface area contributed by atoms with Crippen molar-refractivity contribution in [3.8, 4) is 0 Å². The predicted molar refractivity (Wildman–Crippen MR) is 78.1 cm³/mol. The molecule has 1 aliphatic heterocycles. The third kappa shape index (κ3) is 4.32. The third-order valence-electron chi connectivity index (χ3n) is 3.86. The summed E-state index contributed by atoms with van der Waals surface area (Å²) in [6.07, 6.45) is -0.673. The van der Waals surface area contributed by atoms with Gasteiger partial charge in [-0.25, -0.2) is 0 Å². The zero-order valence-electron chi connectivity index (χ0n) is 12.0. The Balaban J connectivity index is 2.17. The van der Waals surface area contributed by atoms with Crippen molar-refractivity contribution < 1.29 is 13.2 Å². The number of hydrogen-bond donors (Lipinski definition) is 1. The van der Waals surface area contributed by atoms with Gasteiger partial charge in [0, 0.05) is 32.2 Å². The van der Waals surface area contributed by atoms with Gasteiger partial charge in [0.1, 0.15) is 0 Å². The Morgan fingerprint density at radius 2 is 1.81 bits per heavy atom. The molecule has 5 heteroatoms. The quantitative estimate of drug-likeness (QED) is 0.835. The molecule has 1 saturated heterocycles. The van der Waals surface area contributed by atoms with Gasteiger partial charge in [0.25, 0.3) is 0 Å². The lowest BCUT2D eigenvalue weighted by Crippen LogP contribution is -2.45. The first kappa shape index (κ1) is 16.0. The molecule has 0 saturated carbocycles. The Labute approximate surface area is 123 Å². The predicted octanol–water partition coefficient (Wildman–Crippen LogP) is 3.62. The fourth-order valence-electron chi connectivity index (χ4n) is 2.72. The standard InChI is InChI=1S/C16H21F3N2/c1-2-3-4-15(21-11-9-20-10-12-21)13-5-7-14(8-6-13)16(17,18)19/h2,5-8,15,20H,1,3-4,9-12H2/t15-/m1/s1. The SMILES string of the molecule is C=CCC[C@H](c1ccc(C(F)(F)F)cc1)N1CCNCC1. The Bertz CT molecular complexity index is 448. The van der Waals surface area contributed by atoms with Crippen molar-refractivity contribution in [1.29, 1.82) is 0 Å². The minimum absolute atomic E-state index is 0.160. The van der Waals surface area contributed by atoms with E-state index in [1.807, 2.05) is 6.08 Å². The minimum atomic E-state index is -4.27. The van der Waals surface area contributed by atoms with Gasteiger partial charge in [-0.2, -0.15) is 13.2 Å². The van der Waals surface area contributed by atoms with Crippen molar-refractivity contribution >= 4 is 0 Å². The Hall–Kier alpha value is -1.33. The molecule has 2 nitrogen and oxygen atoms in total. The van der Waals surface area contributed by atoms with Gasteiger partial charge in [0.2, 0.25) is 0 Å². The zero-order chi connectivity index (χ0) is 15.3. The van der Waals surface area contributed by atoms with Crippen molar-refractivity contribution in [2.24, 2.45) is 0 Å². The van der Waals surface area contributed by atoms with E-state index < -0.39 is 11.7 Å². The van der Waals surface area contributed by atoms with Crippen LogP contribution in [0.25, 0.3) is 0 Å². The number of nitrogens with zero attached hydrogens (tertiary/aromatic N) is 1. The van der Waals surface area contributed by atoms with Gasteiger partial charge in [-0.05, 0) is 30.5 Å². The number of benzene rings is 1. The topological polar surface area (TPSA) is 15.3 Å². The van der Waals surface area contributed by atoms with Crippen LogP contribution < -0.4 is 5.32 Å². The van der Waals surface area contributed by atoms with Crippen LogP contribution in [0.15, 0.2) is 36.9 Å². The summed E-state index contributed by atoms with van der Waals surface area (Å²) in [7, 11) is 0. The van der Waals surface area contributed by atoms with Gasteiger partial charge in [-0.3, -0.25) is 4.90 Å². The number of hydrogen-bond acceptors (Lipinski definition) is 2. The van der Waals surface area contributed by atoms with Gasteiger partial charge in [-0.15, -0.1) is 6.58 Å². The highest BCUT2D eigenvalue weighted by atomic mass is 19.4. The number of nitrogens with one attached hydrogen (secondary N) is 1. The number of rotatable bonds is 5. The largest absolute Gasteiger partial charge is 0.416 e. The molecule has 0 aliphatic carbocycles. The second-order valence-corrected chi connectivity index (χ2v) is 5.29.